The molecule has 5 nitrogen and oxygen atoms in total. The van der Waals surface area contributed by atoms with Crippen molar-refractivity contribution in [3.05, 3.63) is 60.7 Å². The van der Waals surface area contributed by atoms with Crippen LogP contribution < -0.4 is 10.9 Å². The molecule has 0 unspecified atom stereocenters. The summed E-state index contributed by atoms with van der Waals surface area (Å²) in [6.45, 7) is 0. The molecule has 2 aromatic carbocycles. The van der Waals surface area contributed by atoms with Crippen molar-refractivity contribution in [3.63, 3.8) is 0 Å². The largest absolute Gasteiger partial charge is 0.296 e. The number of anilines is 2. The monoisotopic (exact) mass is 266 g/mol. The number of hydrazone groups is 2. The summed E-state index contributed by atoms with van der Waals surface area (Å²) in [7, 11) is 0. The lowest BCUT2D eigenvalue weighted by Crippen LogP contribution is -2.06. The third-order valence-electron chi connectivity index (χ3n) is 2.37. The van der Waals surface area contributed by atoms with Crippen LogP contribution in [-0.4, -0.2) is 18.2 Å². The van der Waals surface area contributed by atoms with Crippen LogP contribution in [0.3, 0.4) is 0 Å². The van der Waals surface area contributed by atoms with E-state index >= 15 is 0 Å². The van der Waals surface area contributed by atoms with E-state index in [2.05, 4.69) is 21.1 Å². The first kappa shape index (κ1) is 13.5. The Bertz CT molecular complexity index is 594. The number of carbonyl (C=O) groups is 1. The van der Waals surface area contributed by atoms with E-state index in [9.17, 15) is 4.79 Å². The summed E-state index contributed by atoms with van der Waals surface area (Å²) in [6.07, 6.45) is 1.99. The number of aldehydes is 1. The minimum absolute atomic E-state index is 0.192. The quantitative estimate of drug-likeness (QED) is 0.480. The van der Waals surface area contributed by atoms with Gasteiger partial charge in [0, 0.05) is 0 Å². The van der Waals surface area contributed by atoms with Crippen LogP contribution in [0.15, 0.2) is 70.9 Å². The fourth-order valence-corrected chi connectivity index (χ4v) is 1.41. The van der Waals surface area contributed by atoms with E-state index in [1.165, 1.54) is 6.21 Å². The van der Waals surface area contributed by atoms with Crippen molar-refractivity contribution in [2.75, 3.05) is 10.9 Å². The van der Waals surface area contributed by atoms with Gasteiger partial charge in [0.15, 0.2) is 6.29 Å². The van der Waals surface area contributed by atoms with Crippen LogP contribution in [0.25, 0.3) is 0 Å². The molecule has 0 aliphatic carbocycles. The van der Waals surface area contributed by atoms with Crippen LogP contribution in [0, 0.1) is 0 Å². The molecule has 2 N–H and O–H groups in total. The number of benzene rings is 2. The second-order valence-corrected chi connectivity index (χ2v) is 3.87. The van der Waals surface area contributed by atoms with Gasteiger partial charge in [-0.05, 0) is 24.3 Å². The zero-order valence-corrected chi connectivity index (χ0v) is 10.7. The number of rotatable bonds is 6. The lowest BCUT2D eigenvalue weighted by atomic mass is 10.3. The van der Waals surface area contributed by atoms with Crippen LogP contribution >= 0.6 is 0 Å². The summed E-state index contributed by atoms with van der Waals surface area (Å²) in [5, 5.41) is 7.90. The van der Waals surface area contributed by atoms with Crippen LogP contribution in [-0.2, 0) is 4.79 Å². The van der Waals surface area contributed by atoms with Crippen molar-refractivity contribution < 1.29 is 4.79 Å². The topological polar surface area (TPSA) is 65.8 Å². The molecule has 2 aromatic rings. The normalized spacial score (nSPS) is 11.3. The molecular formula is C15H14N4O. The minimum Gasteiger partial charge on any atom is -0.296 e. The van der Waals surface area contributed by atoms with E-state index in [-0.39, 0.29) is 5.71 Å². The molecule has 0 amide bonds. The highest BCUT2D eigenvalue weighted by molar-refractivity contribution is 6.54. The molecule has 2 rings (SSSR count). The third kappa shape index (κ3) is 4.38. The standard InChI is InChI=1S/C15H14N4O/c20-12-15(19-18-14-9-5-2-6-10-14)11-16-17-13-7-3-1-4-8-13/h1-12,17-18H/b16-11-,19-15+. The Balaban J connectivity index is 1.93. The van der Waals surface area contributed by atoms with E-state index in [0.717, 1.165) is 11.4 Å². The van der Waals surface area contributed by atoms with Crippen molar-refractivity contribution in [1.29, 1.82) is 0 Å². The van der Waals surface area contributed by atoms with E-state index in [4.69, 9.17) is 0 Å². The minimum atomic E-state index is 0.192. The molecule has 0 spiro atoms. The maximum Gasteiger partial charge on any atom is 0.171 e. The molecule has 0 heterocycles. The van der Waals surface area contributed by atoms with Gasteiger partial charge in [-0.25, -0.2) is 0 Å². The fraction of sp³-hybridized carbons (Fsp3) is 0. The van der Waals surface area contributed by atoms with Gasteiger partial charge in [-0.3, -0.25) is 15.6 Å². The number of hydrogen-bond acceptors (Lipinski definition) is 5. The lowest BCUT2D eigenvalue weighted by Gasteiger charge is -2.00. The Morgan fingerprint density at radius 1 is 0.850 bits per heavy atom. The van der Waals surface area contributed by atoms with E-state index in [1.54, 1.807) is 0 Å². The molecule has 0 aromatic heterocycles. The van der Waals surface area contributed by atoms with Crippen LogP contribution in [0.1, 0.15) is 0 Å². The zero-order valence-electron chi connectivity index (χ0n) is 10.7. The summed E-state index contributed by atoms with van der Waals surface area (Å²) >= 11 is 0. The molecule has 0 saturated heterocycles. The van der Waals surface area contributed by atoms with Crippen molar-refractivity contribution in [3.8, 4) is 0 Å². The predicted octanol–water partition coefficient (Wildman–Crippen LogP) is 2.75. The van der Waals surface area contributed by atoms with Gasteiger partial charge in [-0.2, -0.15) is 10.2 Å². The van der Waals surface area contributed by atoms with Gasteiger partial charge in [0.1, 0.15) is 5.71 Å². The molecule has 0 bridgehead atoms. The second-order valence-electron chi connectivity index (χ2n) is 3.87. The summed E-state index contributed by atoms with van der Waals surface area (Å²) in [4.78, 5) is 10.9. The number of para-hydroxylation sites is 2. The SMILES string of the molecule is O=CC(/C=N\Nc1ccccc1)=N/Nc1ccccc1. The summed E-state index contributed by atoms with van der Waals surface area (Å²) in [5.74, 6) is 0. The smallest absolute Gasteiger partial charge is 0.171 e. The van der Waals surface area contributed by atoms with Gasteiger partial charge in [0.05, 0.1) is 17.6 Å². The van der Waals surface area contributed by atoms with Crippen LogP contribution in [0.2, 0.25) is 0 Å². The average molecular weight is 266 g/mol. The molecule has 0 atom stereocenters. The molecule has 0 aliphatic rings. The van der Waals surface area contributed by atoms with Crippen molar-refractivity contribution in [2.45, 2.75) is 0 Å². The maximum atomic E-state index is 10.9. The molecule has 0 saturated carbocycles. The number of nitrogens with one attached hydrogen (secondary N) is 2. The Labute approximate surface area is 117 Å². The molecule has 100 valence electrons. The average Bonchev–Trinajstić information content (AvgIpc) is 2.52. The first-order chi connectivity index (χ1) is 9.88. The first-order valence-electron chi connectivity index (χ1n) is 6.06. The maximum absolute atomic E-state index is 10.9. The summed E-state index contributed by atoms with van der Waals surface area (Å²) in [5.41, 5.74) is 7.42. The molecule has 5 heteroatoms. The van der Waals surface area contributed by atoms with Gasteiger partial charge < -0.3 is 0 Å². The van der Waals surface area contributed by atoms with Gasteiger partial charge >= 0.3 is 0 Å². The molecular weight excluding hydrogens is 252 g/mol. The van der Waals surface area contributed by atoms with Crippen molar-refractivity contribution in [2.24, 2.45) is 10.2 Å². The number of carbonyl (C=O) groups excluding carboxylic acids is 1. The third-order valence-corrected chi connectivity index (χ3v) is 2.37. The van der Waals surface area contributed by atoms with Gasteiger partial charge in [-0.15, -0.1) is 0 Å². The molecule has 0 aliphatic heterocycles. The number of nitrogens with zero attached hydrogens (tertiary/aromatic N) is 2. The van der Waals surface area contributed by atoms with Gasteiger partial charge in [0.25, 0.3) is 0 Å². The van der Waals surface area contributed by atoms with Crippen molar-refractivity contribution in [1.82, 2.24) is 0 Å². The molecule has 20 heavy (non-hydrogen) atoms. The first-order valence-corrected chi connectivity index (χ1v) is 6.06. The highest BCUT2D eigenvalue weighted by Gasteiger charge is 1.93. The Morgan fingerprint density at radius 2 is 1.40 bits per heavy atom. The Morgan fingerprint density at radius 3 is 1.95 bits per heavy atom. The van der Waals surface area contributed by atoms with Gasteiger partial charge in [0.2, 0.25) is 0 Å². The summed E-state index contributed by atoms with van der Waals surface area (Å²) < 4.78 is 0. The van der Waals surface area contributed by atoms with E-state index in [1.807, 2.05) is 60.7 Å². The second kappa shape index (κ2) is 7.48. The highest BCUT2D eigenvalue weighted by atomic mass is 16.1. The fourth-order valence-electron chi connectivity index (χ4n) is 1.41. The Kier molecular flexibility index (Phi) is 5.04. The van der Waals surface area contributed by atoms with Crippen LogP contribution in [0.4, 0.5) is 11.4 Å². The predicted molar refractivity (Wildman–Crippen MR) is 82.1 cm³/mol. The zero-order chi connectivity index (χ0) is 14.0. The number of hydrogen-bond donors (Lipinski definition) is 2. The lowest BCUT2D eigenvalue weighted by molar-refractivity contribution is -0.102. The highest BCUT2D eigenvalue weighted by Crippen LogP contribution is 2.05. The molecule has 0 radical (unpaired) electrons. The Hall–Kier alpha value is -2.95. The van der Waals surface area contributed by atoms with Crippen LogP contribution in [0.5, 0.6) is 0 Å². The van der Waals surface area contributed by atoms with Crippen molar-refractivity contribution >= 4 is 29.6 Å². The van der Waals surface area contributed by atoms with Gasteiger partial charge in [-0.1, -0.05) is 36.4 Å². The van der Waals surface area contributed by atoms with E-state index < -0.39 is 0 Å². The van der Waals surface area contributed by atoms with E-state index in [0.29, 0.717) is 6.29 Å². The molecule has 0 fully saturated rings. The summed E-state index contributed by atoms with van der Waals surface area (Å²) in [6, 6.07) is 18.8.